The highest BCUT2D eigenvalue weighted by Crippen LogP contribution is 2.35. The Kier molecular flexibility index (Phi) is 8.26. The average molecular weight is 494 g/mol. The largest absolute Gasteiger partial charge is 0.481 e. The highest BCUT2D eigenvalue weighted by atomic mass is 32.2. The zero-order valence-corrected chi connectivity index (χ0v) is 19.7. The molecule has 3 heterocycles. The Balaban J connectivity index is 1.87. The first kappa shape index (κ1) is 25.2. The van der Waals surface area contributed by atoms with Crippen molar-refractivity contribution in [2.45, 2.75) is 44.5 Å². The van der Waals surface area contributed by atoms with Gasteiger partial charge < -0.3 is 23.7 Å². The van der Waals surface area contributed by atoms with Gasteiger partial charge in [0.05, 0.1) is 18.9 Å². The van der Waals surface area contributed by atoms with E-state index in [1.807, 2.05) is 0 Å². The molecule has 0 aliphatic carbocycles. The SMILES string of the molecule is COc1ncccc1-c1ncc(O[C@H]2SC[C@@H](OC(C)=O)[C@H](OC(C)=O)[C@H]2OC(C)=O)cc1F. The second kappa shape index (κ2) is 11.1. The molecule has 1 aliphatic rings. The number of carbonyl (C=O) groups excluding carboxylic acids is 3. The summed E-state index contributed by atoms with van der Waals surface area (Å²) in [4.78, 5) is 43.1. The Morgan fingerprint density at radius 3 is 2.32 bits per heavy atom. The molecule has 1 aliphatic heterocycles. The minimum absolute atomic E-state index is 0.0119. The van der Waals surface area contributed by atoms with Gasteiger partial charge in [-0.2, -0.15) is 0 Å². The van der Waals surface area contributed by atoms with E-state index < -0.39 is 47.5 Å². The van der Waals surface area contributed by atoms with Crippen molar-refractivity contribution in [1.82, 2.24) is 9.97 Å². The number of esters is 3. The first-order chi connectivity index (χ1) is 16.2. The van der Waals surface area contributed by atoms with Crippen molar-refractivity contribution in [3.8, 4) is 22.9 Å². The minimum atomic E-state index is -1.13. The van der Waals surface area contributed by atoms with Crippen molar-refractivity contribution >= 4 is 29.7 Å². The van der Waals surface area contributed by atoms with Crippen LogP contribution in [0, 0.1) is 5.82 Å². The number of thioether (sulfide) groups is 1. The molecule has 0 unspecified atom stereocenters. The summed E-state index contributed by atoms with van der Waals surface area (Å²) >= 11 is 1.15. The fraction of sp³-hybridized carbons (Fsp3) is 0.409. The number of nitrogens with zero attached hydrogens (tertiary/aromatic N) is 2. The summed E-state index contributed by atoms with van der Waals surface area (Å²) in [5.74, 6) is -2.16. The van der Waals surface area contributed by atoms with E-state index in [1.165, 1.54) is 40.3 Å². The standard InChI is InChI=1S/C22H23FN2O8S/c1-11(26)30-17-10-34-22(20(32-13(3)28)19(17)31-12(2)27)33-14-8-16(23)18(25-9-14)15-6-5-7-24-21(15)29-4/h5-9,17,19-20,22H,10H2,1-4H3/t17-,19+,20-,22+/m1/s1. The number of pyridine rings is 2. The molecule has 12 heteroatoms. The molecule has 0 saturated carbocycles. The predicted octanol–water partition coefficient (Wildman–Crippen LogP) is 2.54. The van der Waals surface area contributed by atoms with E-state index >= 15 is 0 Å². The monoisotopic (exact) mass is 494 g/mol. The molecule has 1 fully saturated rings. The van der Waals surface area contributed by atoms with Crippen LogP contribution in [0.1, 0.15) is 20.8 Å². The molecule has 2 aromatic rings. The third kappa shape index (κ3) is 6.13. The van der Waals surface area contributed by atoms with Crippen molar-refractivity contribution in [2.24, 2.45) is 0 Å². The zero-order valence-electron chi connectivity index (χ0n) is 18.8. The summed E-state index contributed by atoms with van der Waals surface area (Å²) in [6, 6.07) is 4.37. The smallest absolute Gasteiger partial charge is 0.303 e. The van der Waals surface area contributed by atoms with E-state index in [0.717, 1.165) is 17.8 Å². The van der Waals surface area contributed by atoms with Crippen LogP contribution >= 0.6 is 11.8 Å². The normalized spacial score (nSPS) is 21.8. The quantitative estimate of drug-likeness (QED) is 0.417. The number of hydrogen-bond donors (Lipinski definition) is 0. The van der Waals surface area contributed by atoms with Crippen LogP contribution in [-0.2, 0) is 28.6 Å². The van der Waals surface area contributed by atoms with E-state index in [-0.39, 0.29) is 23.1 Å². The van der Waals surface area contributed by atoms with Crippen molar-refractivity contribution < 1.29 is 42.5 Å². The van der Waals surface area contributed by atoms with Crippen molar-refractivity contribution in [1.29, 1.82) is 0 Å². The fourth-order valence-electron chi connectivity index (χ4n) is 3.36. The lowest BCUT2D eigenvalue weighted by atomic mass is 10.1. The molecule has 0 spiro atoms. The Morgan fingerprint density at radius 1 is 1.03 bits per heavy atom. The first-order valence-corrected chi connectivity index (χ1v) is 11.2. The van der Waals surface area contributed by atoms with Gasteiger partial charge in [0.25, 0.3) is 0 Å². The van der Waals surface area contributed by atoms with Crippen LogP contribution in [0.2, 0.25) is 0 Å². The van der Waals surface area contributed by atoms with Crippen LogP contribution in [0.4, 0.5) is 4.39 Å². The summed E-state index contributed by atoms with van der Waals surface area (Å²) in [7, 11) is 1.42. The maximum absolute atomic E-state index is 14.9. The third-order valence-electron chi connectivity index (χ3n) is 4.59. The van der Waals surface area contributed by atoms with Gasteiger partial charge in [0.15, 0.2) is 29.6 Å². The topological polar surface area (TPSA) is 123 Å². The number of rotatable bonds is 7. The molecular weight excluding hydrogens is 471 g/mol. The average Bonchev–Trinajstić information content (AvgIpc) is 2.77. The molecule has 3 rings (SSSR count). The molecule has 4 atom stereocenters. The Hall–Kier alpha value is -3.41. The molecule has 2 aromatic heterocycles. The Bertz CT molecular complexity index is 1070. The van der Waals surface area contributed by atoms with Gasteiger partial charge in [0.2, 0.25) is 5.88 Å². The lowest BCUT2D eigenvalue weighted by Gasteiger charge is -2.39. The highest BCUT2D eigenvalue weighted by Gasteiger charge is 2.47. The second-order valence-electron chi connectivity index (χ2n) is 7.18. The van der Waals surface area contributed by atoms with Crippen molar-refractivity contribution in [3.63, 3.8) is 0 Å². The van der Waals surface area contributed by atoms with Crippen LogP contribution < -0.4 is 9.47 Å². The van der Waals surface area contributed by atoms with E-state index in [4.69, 9.17) is 23.7 Å². The van der Waals surface area contributed by atoms with Crippen LogP contribution in [0.3, 0.4) is 0 Å². The first-order valence-electron chi connectivity index (χ1n) is 10.1. The van der Waals surface area contributed by atoms with Gasteiger partial charge in [-0.15, -0.1) is 11.8 Å². The highest BCUT2D eigenvalue weighted by molar-refractivity contribution is 7.99. The Morgan fingerprint density at radius 2 is 1.71 bits per heavy atom. The molecular formula is C22H23FN2O8S. The van der Waals surface area contributed by atoms with Crippen molar-refractivity contribution in [3.05, 3.63) is 36.4 Å². The van der Waals surface area contributed by atoms with Crippen LogP contribution in [0.15, 0.2) is 30.6 Å². The molecule has 1 saturated heterocycles. The molecule has 34 heavy (non-hydrogen) atoms. The molecule has 10 nitrogen and oxygen atoms in total. The fourth-order valence-corrected chi connectivity index (χ4v) is 4.58. The number of aromatic nitrogens is 2. The van der Waals surface area contributed by atoms with Gasteiger partial charge in [0.1, 0.15) is 11.4 Å². The maximum Gasteiger partial charge on any atom is 0.303 e. The van der Waals surface area contributed by atoms with Crippen molar-refractivity contribution in [2.75, 3.05) is 12.9 Å². The van der Waals surface area contributed by atoms with Gasteiger partial charge in [-0.3, -0.25) is 14.4 Å². The molecule has 0 N–H and O–H groups in total. The third-order valence-corrected chi connectivity index (χ3v) is 5.81. The van der Waals surface area contributed by atoms with Gasteiger partial charge in [-0.1, -0.05) is 0 Å². The molecule has 0 aromatic carbocycles. The molecule has 0 radical (unpaired) electrons. The summed E-state index contributed by atoms with van der Waals surface area (Å²) in [6.07, 6.45) is -0.310. The van der Waals surface area contributed by atoms with E-state index in [1.54, 1.807) is 12.1 Å². The number of halogens is 1. The molecule has 0 bridgehead atoms. The minimum Gasteiger partial charge on any atom is -0.481 e. The second-order valence-corrected chi connectivity index (χ2v) is 8.31. The summed E-state index contributed by atoms with van der Waals surface area (Å²) in [5.41, 5.74) is -0.532. The van der Waals surface area contributed by atoms with E-state index in [2.05, 4.69) is 9.97 Å². The van der Waals surface area contributed by atoms with E-state index in [9.17, 15) is 18.8 Å². The number of hydrogen-bond acceptors (Lipinski definition) is 11. The lowest BCUT2D eigenvalue weighted by Crippen LogP contribution is -2.55. The maximum atomic E-state index is 14.9. The summed E-state index contributed by atoms with van der Waals surface area (Å²) < 4.78 is 41.9. The summed E-state index contributed by atoms with van der Waals surface area (Å²) in [6.45, 7) is 3.57. The van der Waals surface area contributed by atoms with Crippen LogP contribution in [-0.4, -0.2) is 64.5 Å². The van der Waals surface area contributed by atoms with Crippen LogP contribution in [0.5, 0.6) is 11.6 Å². The lowest BCUT2D eigenvalue weighted by molar-refractivity contribution is -0.186. The predicted molar refractivity (Wildman–Crippen MR) is 118 cm³/mol. The van der Waals surface area contributed by atoms with Crippen LogP contribution in [0.25, 0.3) is 11.3 Å². The van der Waals surface area contributed by atoms with E-state index in [0.29, 0.717) is 5.56 Å². The Labute approximate surface area is 199 Å². The van der Waals surface area contributed by atoms with Gasteiger partial charge >= 0.3 is 17.9 Å². The number of carbonyl (C=O) groups is 3. The molecule has 0 amide bonds. The zero-order chi connectivity index (χ0) is 24.8. The molecule has 182 valence electrons. The van der Waals surface area contributed by atoms with Gasteiger partial charge in [-0.05, 0) is 12.1 Å². The summed E-state index contributed by atoms with van der Waals surface area (Å²) in [5, 5.41) is 0. The van der Waals surface area contributed by atoms with Gasteiger partial charge in [0, 0.05) is 38.8 Å². The number of ether oxygens (including phenoxy) is 5. The van der Waals surface area contributed by atoms with Gasteiger partial charge in [-0.25, -0.2) is 14.4 Å². The number of methoxy groups -OCH3 is 1.